The van der Waals surface area contributed by atoms with Gasteiger partial charge in [0.2, 0.25) is 0 Å². The van der Waals surface area contributed by atoms with Gasteiger partial charge in [-0.1, -0.05) is 47.5 Å². The Morgan fingerprint density at radius 2 is 1.60 bits per heavy atom. The van der Waals surface area contributed by atoms with Gasteiger partial charge in [-0.2, -0.15) is 0 Å². The minimum Gasteiger partial charge on any atom is -0.307 e. The second kappa shape index (κ2) is 7.76. The second-order valence-corrected chi connectivity index (χ2v) is 7.13. The summed E-state index contributed by atoms with van der Waals surface area (Å²) in [7, 11) is 0. The molecule has 2 aromatic rings. The summed E-state index contributed by atoms with van der Waals surface area (Å²) in [6, 6.07) is 13.2. The SMILES string of the molecule is CC(C)(C)N(NC(=O)Nc1ccccc1)C(=O)c1cccc(Cl)c1Cl. The average molecular weight is 380 g/mol. The van der Waals surface area contributed by atoms with Crippen molar-refractivity contribution in [2.45, 2.75) is 26.3 Å². The second-order valence-electron chi connectivity index (χ2n) is 6.34. The number of benzene rings is 2. The van der Waals surface area contributed by atoms with E-state index in [9.17, 15) is 9.59 Å². The third-order valence-corrected chi connectivity index (χ3v) is 4.12. The van der Waals surface area contributed by atoms with E-state index < -0.39 is 17.5 Å². The van der Waals surface area contributed by atoms with Gasteiger partial charge in [-0.25, -0.2) is 15.2 Å². The average Bonchev–Trinajstić information content (AvgIpc) is 2.54. The zero-order valence-corrected chi connectivity index (χ0v) is 15.7. The monoisotopic (exact) mass is 379 g/mol. The molecule has 0 radical (unpaired) electrons. The number of carbonyl (C=O) groups is 2. The standard InChI is InChI=1S/C18H19Cl2N3O2/c1-18(2,3)23(16(24)13-10-7-11-14(19)15(13)20)22-17(25)21-12-8-5-4-6-9-12/h4-11H,1-3H3,(H2,21,22,25). The highest BCUT2D eigenvalue weighted by molar-refractivity contribution is 6.43. The van der Waals surface area contributed by atoms with Crippen LogP contribution in [0.5, 0.6) is 0 Å². The molecule has 0 atom stereocenters. The first-order chi connectivity index (χ1) is 11.7. The number of hydrazine groups is 1. The van der Waals surface area contributed by atoms with Crippen LogP contribution in [0.3, 0.4) is 0 Å². The van der Waals surface area contributed by atoms with Gasteiger partial charge in [0.15, 0.2) is 0 Å². The van der Waals surface area contributed by atoms with Crippen LogP contribution in [-0.2, 0) is 0 Å². The minimum atomic E-state index is -0.684. The summed E-state index contributed by atoms with van der Waals surface area (Å²) >= 11 is 12.1. The van der Waals surface area contributed by atoms with Gasteiger partial charge >= 0.3 is 6.03 Å². The van der Waals surface area contributed by atoms with E-state index in [1.54, 1.807) is 63.2 Å². The lowest BCUT2D eigenvalue weighted by Gasteiger charge is -2.35. The fraction of sp³-hybridized carbons (Fsp3) is 0.222. The number of para-hydroxylation sites is 1. The van der Waals surface area contributed by atoms with Gasteiger partial charge in [-0.15, -0.1) is 0 Å². The van der Waals surface area contributed by atoms with Gasteiger partial charge in [-0.05, 0) is 45.0 Å². The number of carbonyl (C=O) groups excluding carboxylic acids is 2. The Balaban J connectivity index is 2.23. The van der Waals surface area contributed by atoms with Gasteiger partial charge < -0.3 is 5.32 Å². The number of rotatable bonds is 2. The normalized spacial score (nSPS) is 10.9. The zero-order chi connectivity index (χ0) is 18.6. The molecule has 0 bridgehead atoms. The quantitative estimate of drug-likeness (QED) is 0.723. The van der Waals surface area contributed by atoms with Crippen molar-refractivity contribution in [2.24, 2.45) is 0 Å². The topological polar surface area (TPSA) is 61.4 Å². The first-order valence-corrected chi connectivity index (χ1v) is 8.37. The maximum Gasteiger partial charge on any atom is 0.338 e. The molecule has 25 heavy (non-hydrogen) atoms. The molecular formula is C18H19Cl2N3O2. The molecule has 132 valence electrons. The molecule has 0 aliphatic heterocycles. The Morgan fingerprint density at radius 1 is 0.960 bits per heavy atom. The Morgan fingerprint density at radius 3 is 2.20 bits per heavy atom. The summed E-state index contributed by atoms with van der Waals surface area (Å²) < 4.78 is 0. The smallest absolute Gasteiger partial charge is 0.307 e. The van der Waals surface area contributed by atoms with Crippen molar-refractivity contribution in [1.82, 2.24) is 10.4 Å². The minimum absolute atomic E-state index is 0.147. The number of urea groups is 1. The highest BCUT2D eigenvalue weighted by Crippen LogP contribution is 2.27. The van der Waals surface area contributed by atoms with Crippen molar-refractivity contribution in [2.75, 3.05) is 5.32 Å². The van der Waals surface area contributed by atoms with Crippen molar-refractivity contribution in [3.8, 4) is 0 Å². The summed E-state index contributed by atoms with van der Waals surface area (Å²) in [5.74, 6) is -0.455. The van der Waals surface area contributed by atoms with Gasteiger partial charge in [0.1, 0.15) is 0 Å². The van der Waals surface area contributed by atoms with Crippen molar-refractivity contribution < 1.29 is 9.59 Å². The first kappa shape index (κ1) is 19.1. The van der Waals surface area contributed by atoms with Crippen molar-refractivity contribution >= 4 is 40.8 Å². The number of halogens is 2. The lowest BCUT2D eigenvalue weighted by molar-refractivity contribution is 0.0461. The fourth-order valence-electron chi connectivity index (χ4n) is 2.09. The number of hydrogen-bond donors (Lipinski definition) is 2. The van der Waals surface area contributed by atoms with E-state index in [-0.39, 0.29) is 15.6 Å². The van der Waals surface area contributed by atoms with Crippen molar-refractivity contribution in [3.05, 3.63) is 64.1 Å². The maximum absolute atomic E-state index is 12.9. The number of anilines is 1. The highest BCUT2D eigenvalue weighted by Gasteiger charge is 2.30. The molecule has 2 rings (SSSR count). The molecule has 0 spiro atoms. The molecule has 2 aromatic carbocycles. The maximum atomic E-state index is 12.9. The van der Waals surface area contributed by atoms with Gasteiger partial charge in [0, 0.05) is 5.69 Å². The van der Waals surface area contributed by atoms with Gasteiger partial charge in [0.05, 0.1) is 21.1 Å². The summed E-state index contributed by atoms with van der Waals surface area (Å²) in [4.78, 5) is 25.2. The molecule has 0 saturated carbocycles. The molecule has 2 N–H and O–H groups in total. The Bertz CT molecular complexity index is 774. The number of hydrogen-bond acceptors (Lipinski definition) is 2. The molecule has 0 aliphatic carbocycles. The number of nitrogens with zero attached hydrogens (tertiary/aromatic N) is 1. The Labute approximate surface area is 156 Å². The van der Waals surface area contributed by atoms with E-state index in [0.717, 1.165) is 0 Å². The molecule has 0 fully saturated rings. The Kier molecular flexibility index (Phi) is 5.93. The van der Waals surface area contributed by atoms with Gasteiger partial charge in [0.25, 0.3) is 5.91 Å². The summed E-state index contributed by atoms with van der Waals surface area (Å²) in [5, 5.41) is 4.32. The molecule has 0 heterocycles. The summed E-state index contributed by atoms with van der Waals surface area (Å²) in [6.45, 7) is 5.39. The largest absolute Gasteiger partial charge is 0.338 e. The lowest BCUT2D eigenvalue weighted by Crippen LogP contribution is -2.56. The Hall–Kier alpha value is -2.24. The molecule has 0 saturated heterocycles. The molecule has 0 unspecified atom stereocenters. The molecular weight excluding hydrogens is 361 g/mol. The predicted molar refractivity (Wildman–Crippen MR) is 101 cm³/mol. The zero-order valence-electron chi connectivity index (χ0n) is 14.1. The summed E-state index contributed by atoms with van der Waals surface area (Å²) in [6.07, 6.45) is 0. The van der Waals surface area contributed by atoms with E-state index in [0.29, 0.717) is 5.69 Å². The van der Waals surface area contributed by atoms with E-state index in [4.69, 9.17) is 23.2 Å². The molecule has 0 aromatic heterocycles. The van der Waals surface area contributed by atoms with E-state index in [1.165, 1.54) is 5.01 Å². The van der Waals surface area contributed by atoms with Crippen molar-refractivity contribution in [1.29, 1.82) is 0 Å². The van der Waals surface area contributed by atoms with Crippen molar-refractivity contribution in [3.63, 3.8) is 0 Å². The number of nitrogens with one attached hydrogen (secondary N) is 2. The fourth-order valence-corrected chi connectivity index (χ4v) is 2.48. The van der Waals surface area contributed by atoms with Crippen LogP contribution in [0.2, 0.25) is 10.0 Å². The van der Waals surface area contributed by atoms with Crippen LogP contribution in [0, 0.1) is 0 Å². The molecule has 7 heteroatoms. The lowest BCUT2D eigenvalue weighted by atomic mass is 10.1. The van der Waals surface area contributed by atoms with Crippen LogP contribution in [-0.4, -0.2) is 22.5 Å². The van der Waals surface area contributed by atoms with Crippen LogP contribution < -0.4 is 10.7 Å². The molecule has 5 nitrogen and oxygen atoms in total. The van der Waals surface area contributed by atoms with E-state index >= 15 is 0 Å². The van der Waals surface area contributed by atoms with Gasteiger partial charge in [-0.3, -0.25) is 4.79 Å². The van der Waals surface area contributed by atoms with Crippen LogP contribution in [0.4, 0.5) is 10.5 Å². The first-order valence-electron chi connectivity index (χ1n) is 7.61. The summed E-state index contributed by atoms with van der Waals surface area (Å²) in [5.41, 5.74) is 2.72. The van der Waals surface area contributed by atoms with Crippen LogP contribution in [0.1, 0.15) is 31.1 Å². The molecule has 0 aliphatic rings. The van der Waals surface area contributed by atoms with Crippen LogP contribution >= 0.6 is 23.2 Å². The number of amides is 3. The third-order valence-electron chi connectivity index (χ3n) is 3.30. The predicted octanol–water partition coefficient (Wildman–Crippen LogP) is 4.97. The third kappa shape index (κ3) is 4.87. The van der Waals surface area contributed by atoms with Crippen LogP contribution in [0.25, 0.3) is 0 Å². The highest BCUT2D eigenvalue weighted by atomic mass is 35.5. The molecule has 3 amide bonds. The van der Waals surface area contributed by atoms with E-state index in [1.807, 2.05) is 6.07 Å². The van der Waals surface area contributed by atoms with Crippen LogP contribution in [0.15, 0.2) is 48.5 Å². The van der Waals surface area contributed by atoms with E-state index in [2.05, 4.69) is 10.7 Å².